The Bertz CT molecular complexity index is 401. The van der Waals surface area contributed by atoms with Gasteiger partial charge in [-0.1, -0.05) is 6.07 Å². The first-order valence-corrected chi connectivity index (χ1v) is 6.86. The van der Waals surface area contributed by atoms with Crippen LogP contribution in [0.3, 0.4) is 0 Å². The molecule has 4 heteroatoms. The van der Waals surface area contributed by atoms with E-state index in [0.717, 1.165) is 37.9 Å². The molecule has 4 nitrogen and oxygen atoms in total. The third-order valence-corrected chi connectivity index (χ3v) is 3.81. The molecule has 1 aliphatic heterocycles. The SMILES string of the molecule is COCC1CCN(Cc2ccc(OC)c(N)c2)CC1. The molecule has 1 aromatic rings. The van der Waals surface area contributed by atoms with Gasteiger partial charge in [0.05, 0.1) is 12.8 Å². The molecule has 0 spiro atoms. The fourth-order valence-electron chi connectivity index (χ4n) is 2.69. The van der Waals surface area contributed by atoms with E-state index < -0.39 is 0 Å². The van der Waals surface area contributed by atoms with E-state index in [1.54, 1.807) is 14.2 Å². The second-order valence-corrected chi connectivity index (χ2v) is 5.25. The van der Waals surface area contributed by atoms with Gasteiger partial charge < -0.3 is 15.2 Å². The summed E-state index contributed by atoms with van der Waals surface area (Å²) in [5.41, 5.74) is 7.91. The number of hydrogen-bond acceptors (Lipinski definition) is 4. The molecule has 1 saturated heterocycles. The van der Waals surface area contributed by atoms with E-state index in [0.29, 0.717) is 5.69 Å². The molecular formula is C15H24N2O2. The van der Waals surface area contributed by atoms with Crippen LogP contribution in [0.15, 0.2) is 18.2 Å². The van der Waals surface area contributed by atoms with E-state index in [-0.39, 0.29) is 0 Å². The first kappa shape index (κ1) is 14.2. The van der Waals surface area contributed by atoms with Crippen LogP contribution in [0, 0.1) is 5.92 Å². The summed E-state index contributed by atoms with van der Waals surface area (Å²) in [6.07, 6.45) is 2.44. The second kappa shape index (κ2) is 6.78. The zero-order valence-electron chi connectivity index (χ0n) is 11.9. The van der Waals surface area contributed by atoms with E-state index >= 15 is 0 Å². The summed E-state index contributed by atoms with van der Waals surface area (Å²) in [5, 5.41) is 0. The van der Waals surface area contributed by atoms with Crippen molar-refractivity contribution in [1.29, 1.82) is 0 Å². The second-order valence-electron chi connectivity index (χ2n) is 5.25. The first-order valence-electron chi connectivity index (χ1n) is 6.86. The molecule has 0 saturated carbocycles. The van der Waals surface area contributed by atoms with Crippen molar-refractivity contribution in [1.82, 2.24) is 4.90 Å². The van der Waals surface area contributed by atoms with E-state index in [1.165, 1.54) is 18.4 Å². The van der Waals surface area contributed by atoms with Crippen molar-refractivity contribution < 1.29 is 9.47 Å². The molecule has 1 heterocycles. The van der Waals surface area contributed by atoms with Gasteiger partial charge >= 0.3 is 0 Å². The van der Waals surface area contributed by atoms with Gasteiger partial charge in [-0.3, -0.25) is 4.90 Å². The Morgan fingerprint density at radius 3 is 2.58 bits per heavy atom. The number of benzene rings is 1. The smallest absolute Gasteiger partial charge is 0.141 e. The van der Waals surface area contributed by atoms with Gasteiger partial charge in [-0.2, -0.15) is 0 Å². The molecule has 2 N–H and O–H groups in total. The molecule has 0 amide bonds. The lowest BCUT2D eigenvalue weighted by Crippen LogP contribution is -2.34. The Hall–Kier alpha value is -1.26. The van der Waals surface area contributed by atoms with Crippen molar-refractivity contribution in [3.8, 4) is 5.75 Å². The summed E-state index contributed by atoms with van der Waals surface area (Å²) < 4.78 is 10.4. The number of piperidine rings is 1. The summed E-state index contributed by atoms with van der Waals surface area (Å²) in [7, 11) is 3.43. The number of nitrogens with two attached hydrogens (primary N) is 1. The molecule has 0 aromatic heterocycles. The zero-order chi connectivity index (χ0) is 13.7. The summed E-state index contributed by atoms with van der Waals surface area (Å²) in [6.45, 7) is 4.14. The Balaban J connectivity index is 1.87. The number of nitrogen functional groups attached to an aromatic ring is 1. The highest BCUT2D eigenvalue weighted by Crippen LogP contribution is 2.24. The van der Waals surface area contributed by atoms with Crippen LogP contribution in [-0.2, 0) is 11.3 Å². The number of likely N-dealkylation sites (tertiary alicyclic amines) is 1. The molecule has 0 radical (unpaired) electrons. The van der Waals surface area contributed by atoms with Crippen LogP contribution in [0.25, 0.3) is 0 Å². The van der Waals surface area contributed by atoms with Crippen LogP contribution in [-0.4, -0.2) is 38.8 Å². The largest absolute Gasteiger partial charge is 0.495 e. The maximum absolute atomic E-state index is 5.94. The summed E-state index contributed by atoms with van der Waals surface area (Å²) in [4.78, 5) is 2.48. The van der Waals surface area contributed by atoms with Crippen molar-refractivity contribution in [3.63, 3.8) is 0 Å². The van der Waals surface area contributed by atoms with E-state index in [9.17, 15) is 0 Å². The minimum absolute atomic E-state index is 0.717. The molecule has 1 aliphatic rings. The van der Waals surface area contributed by atoms with Crippen LogP contribution >= 0.6 is 0 Å². The monoisotopic (exact) mass is 264 g/mol. The molecule has 0 bridgehead atoms. The third-order valence-electron chi connectivity index (χ3n) is 3.81. The predicted molar refractivity (Wildman–Crippen MR) is 77.3 cm³/mol. The van der Waals surface area contributed by atoms with Crippen LogP contribution in [0.4, 0.5) is 5.69 Å². The highest BCUT2D eigenvalue weighted by Gasteiger charge is 2.19. The molecule has 1 aromatic carbocycles. The average Bonchev–Trinajstić information content (AvgIpc) is 2.42. The number of nitrogens with zero attached hydrogens (tertiary/aromatic N) is 1. The van der Waals surface area contributed by atoms with Gasteiger partial charge in [-0.25, -0.2) is 0 Å². The lowest BCUT2D eigenvalue weighted by molar-refractivity contribution is 0.0968. The fourth-order valence-corrected chi connectivity index (χ4v) is 2.69. The van der Waals surface area contributed by atoms with Crippen molar-refractivity contribution in [2.75, 3.05) is 39.6 Å². The lowest BCUT2D eigenvalue weighted by atomic mass is 9.97. The van der Waals surface area contributed by atoms with Gasteiger partial charge in [0.15, 0.2) is 0 Å². The van der Waals surface area contributed by atoms with Gasteiger partial charge in [-0.05, 0) is 49.5 Å². The molecule has 0 atom stereocenters. The minimum Gasteiger partial charge on any atom is -0.495 e. The fraction of sp³-hybridized carbons (Fsp3) is 0.600. The van der Waals surface area contributed by atoms with Crippen LogP contribution in [0.1, 0.15) is 18.4 Å². The Kier molecular flexibility index (Phi) is 5.05. The van der Waals surface area contributed by atoms with Gasteiger partial charge in [0.2, 0.25) is 0 Å². The van der Waals surface area contributed by atoms with Crippen molar-refractivity contribution >= 4 is 5.69 Å². The molecule has 106 valence electrons. The summed E-state index contributed by atoms with van der Waals surface area (Å²) >= 11 is 0. The van der Waals surface area contributed by atoms with Gasteiger partial charge in [0, 0.05) is 20.3 Å². The van der Waals surface area contributed by atoms with Crippen molar-refractivity contribution in [2.45, 2.75) is 19.4 Å². The van der Waals surface area contributed by atoms with E-state index in [2.05, 4.69) is 11.0 Å². The maximum atomic E-state index is 5.94. The molecular weight excluding hydrogens is 240 g/mol. The molecule has 0 unspecified atom stereocenters. The molecule has 0 aliphatic carbocycles. The minimum atomic E-state index is 0.717. The summed E-state index contributed by atoms with van der Waals surface area (Å²) in [6, 6.07) is 6.05. The Morgan fingerprint density at radius 2 is 2.00 bits per heavy atom. The van der Waals surface area contributed by atoms with Gasteiger partial charge in [-0.15, -0.1) is 0 Å². The Morgan fingerprint density at radius 1 is 1.26 bits per heavy atom. The summed E-state index contributed by atoms with van der Waals surface area (Å²) in [5.74, 6) is 1.48. The molecule has 19 heavy (non-hydrogen) atoms. The number of methoxy groups -OCH3 is 2. The number of ether oxygens (including phenoxy) is 2. The topological polar surface area (TPSA) is 47.7 Å². The van der Waals surface area contributed by atoms with Crippen LogP contribution < -0.4 is 10.5 Å². The standard InChI is InChI=1S/C15H24N2O2/c1-18-11-12-5-7-17(8-6-12)10-13-3-4-15(19-2)14(16)9-13/h3-4,9,12H,5-8,10-11,16H2,1-2H3. The highest BCUT2D eigenvalue weighted by atomic mass is 16.5. The van der Waals surface area contributed by atoms with Gasteiger partial charge in [0.25, 0.3) is 0 Å². The number of hydrogen-bond donors (Lipinski definition) is 1. The van der Waals surface area contributed by atoms with E-state index in [1.807, 2.05) is 12.1 Å². The van der Waals surface area contributed by atoms with Crippen LogP contribution in [0.2, 0.25) is 0 Å². The normalized spacial score (nSPS) is 17.6. The van der Waals surface area contributed by atoms with Crippen molar-refractivity contribution in [3.05, 3.63) is 23.8 Å². The average molecular weight is 264 g/mol. The van der Waals surface area contributed by atoms with E-state index in [4.69, 9.17) is 15.2 Å². The highest BCUT2D eigenvalue weighted by molar-refractivity contribution is 5.54. The number of anilines is 1. The first-order chi connectivity index (χ1) is 9.22. The quantitative estimate of drug-likeness (QED) is 0.828. The third kappa shape index (κ3) is 3.85. The molecule has 1 fully saturated rings. The van der Waals surface area contributed by atoms with Gasteiger partial charge in [0.1, 0.15) is 5.75 Å². The molecule has 2 rings (SSSR count). The number of rotatable bonds is 5. The zero-order valence-corrected chi connectivity index (χ0v) is 11.9. The lowest BCUT2D eigenvalue weighted by Gasteiger charge is -2.31. The maximum Gasteiger partial charge on any atom is 0.141 e. The van der Waals surface area contributed by atoms with Crippen LogP contribution in [0.5, 0.6) is 5.75 Å². The van der Waals surface area contributed by atoms with Crippen molar-refractivity contribution in [2.24, 2.45) is 5.92 Å². The Labute approximate surface area is 115 Å². The predicted octanol–water partition coefficient (Wildman–Crippen LogP) is 2.14.